The number of carbonyl (C=O) groups excluding carboxylic acids is 1. The van der Waals surface area contributed by atoms with Gasteiger partial charge in [0.25, 0.3) is 15.9 Å². The molecule has 1 aromatic carbocycles. The van der Waals surface area contributed by atoms with Crippen LogP contribution in [0.2, 0.25) is 0 Å². The van der Waals surface area contributed by atoms with Crippen LogP contribution in [0.4, 0.5) is 5.69 Å². The zero-order valence-corrected chi connectivity index (χ0v) is 18.7. The van der Waals surface area contributed by atoms with E-state index in [4.69, 9.17) is 9.47 Å². The van der Waals surface area contributed by atoms with Crippen LogP contribution in [-0.2, 0) is 21.4 Å². The van der Waals surface area contributed by atoms with Crippen molar-refractivity contribution in [1.82, 2.24) is 15.1 Å². The first-order valence-corrected chi connectivity index (χ1v) is 11.3. The number of carbonyl (C=O) groups is 1. The molecule has 1 atom stereocenters. The number of aryl methyl sites for hydroxylation is 2. The van der Waals surface area contributed by atoms with Gasteiger partial charge in [-0.1, -0.05) is 6.07 Å². The molecule has 164 valence electrons. The number of hydrogen-bond acceptors (Lipinski definition) is 6. The van der Waals surface area contributed by atoms with Crippen molar-refractivity contribution in [2.45, 2.75) is 58.3 Å². The summed E-state index contributed by atoms with van der Waals surface area (Å²) >= 11 is 0. The second-order valence-corrected chi connectivity index (χ2v) is 9.34. The van der Waals surface area contributed by atoms with Gasteiger partial charge in [-0.05, 0) is 45.4 Å². The lowest BCUT2D eigenvalue weighted by molar-refractivity contribution is -0.119. The van der Waals surface area contributed by atoms with E-state index in [1.807, 2.05) is 33.8 Å². The van der Waals surface area contributed by atoms with Gasteiger partial charge in [-0.25, -0.2) is 8.42 Å². The maximum absolute atomic E-state index is 13.7. The van der Waals surface area contributed by atoms with E-state index in [1.165, 1.54) is 22.1 Å². The predicted octanol–water partition coefficient (Wildman–Crippen LogP) is 2.09. The van der Waals surface area contributed by atoms with Crippen LogP contribution in [-0.4, -0.2) is 49.4 Å². The third-order valence-electron chi connectivity index (χ3n) is 4.56. The normalized spacial score (nSPS) is 16.2. The Kier molecular flexibility index (Phi) is 6.25. The fourth-order valence-electron chi connectivity index (χ4n) is 3.16. The monoisotopic (exact) mass is 436 g/mol. The SMILES string of the molecule is CCn1cc(S(=O)(=O)N2C[C@H](CNC(C)=O)Oc3ccc(C)cc32)c(OC(C)C)n1. The number of sulfonamides is 1. The molecule has 1 amide bonds. The second-order valence-electron chi connectivity index (χ2n) is 7.51. The zero-order valence-electron chi connectivity index (χ0n) is 17.9. The molecule has 0 bridgehead atoms. The van der Waals surface area contributed by atoms with Gasteiger partial charge in [0.15, 0.2) is 4.90 Å². The van der Waals surface area contributed by atoms with Crippen LogP contribution in [0.1, 0.15) is 33.3 Å². The maximum Gasteiger partial charge on any atom is 0.271 e. The summed E-state index contributed by atoms with van der Waals surface area (Å²) in [5.74, 6) is 0.311. The van der Waals surface area contributed by atoms with Crippen LogP contribution in [0.5, 0.6) is 11.6 Å². The Morgan fingerprint density at radius 2 is 2.13 bits per heavy atom. The van der Waals surface area contributed by atoms with Gasteiger partial charge in [-0.15, -0.1) is 5.10 Å². The lowest BCUT2D eigenvalue weighted by atomic mass is 10.1. The highest BCUT2D eigenvalue weighted by Crippen LogP contribution is 2.39. The molecule has 10 heteroatoms. The highest BCUT2D eigenvalue weighted by Gasteiger charge is 2.37. The lowest BCUT2D eigenvalue weighted by Crippen LogP contribution is -2.48. The average molecular weight is 437 g/mol. The maximum atomic E-state index is 13.7. The van der Waals surface area contributed by atoms with Crippen molar-refractivity contribution in [2.24, 2.45) is 0 Å². The van der Waals surface area contributed by atoms with E-state index in [9.17, 15) is 13.2 Å². The summed E-state index contributed by atoms with van der Waals surface area (Å²) < 4.78 is 41.9. The third-order valence-corrected chi connectivity index (χ3v) is 6.32. The molecule has 1 aliphatic heterocycles. The van der Waals surface area contributed by atoms with Crippen molar-refractivity contribution < 1.29 is 22.7 Å². The van der Waals surface area contributed by atoms with Crippen LogP contribution in [0.25, 0.3) is 0 Å². The largest absolute Gasteiger partial charge is 0.484 e. The fourth-order valence-corrected chi connectivity index (χ4v) is 4.73. The number of ether oxygens (including phenoxy) is 2. The number of anilines is 1. The molecule has 3 rings (SSSR count). The lowest BCUT2D eigenvalue weighted by Gasteiger charge is -2.35. The van der Waals surface area contributed by atoms with Crippen molar-refractivity contribution in [1.29, 1.82) is 0 Å². The molecule has 0 aliphatic carbocycles. The van der Waals surface area contributed by atoms with Gasteiger partial charge in [0.05, 0.1) is 24.9 Å². The van der Waals surface area contributed by atoms with Gasteiger partial charge in [0.2, 0.25) is 5.91 Å². The minimum Gasteiger partial charge on any atom is -0.484 e. The molecule has 9 nitrogen and oxygen atoms in total. The molecule has 0 radical (unpaired) electrons. The molecule has 1 aromatic heterocycles. The van der Waals surface area contributed by atoms with Crippen LogP contribution in [0, 0.1) is 6.92 Å². The molecular weight excluding hydrogens is 408 g/mol. The van der Waals surface area contributed by atoms with Crippen LogP contribution >= 0.6 is 0 Å². The van der Waals surface area contributed by atoms with Crippen LogP contribution in [0.3, 0.4) is 0 Å². The van der Waals surface area contributed by atoms with E-state index >= 15 is 0 Å². The van der Waals surface area contributed by atoms with E-state index in [2.05, 4.69) is 10.4 Å². The van der Waals surface area contributed by atoms with Crippen molar-refractivity contribution >= 4 is 21.6 Å². The standard InChI is InChI=1S/C20H28N4O5S/c1-6-23-12-19(20(22-23)28-13(2)3)30(26,27)24-11-16(10-21-15(5)25)29-18-8-7-14(4)9-17(18)24/h7-9,12-13,16H,6,10-11H2,1-5H3,(H,21,25)/t16-/m0/s1. The summed E-state index contributed by atoms with van der Waals surface area (Å²) in [6, 6.07) is 5.37. The highest BCUT2D eigenvalue weighted by atomic mass is 32.2. The number of amides is 1. The summed E-state index contributed by atoms with van der Waals surface area (Å²) in [5.41, 5.74) is 1.36. The summed E-state index contributed by atoms with van der Waals surface area (Å²) in [4.78, 5) is 11.3. The smallest absolute Gasteiger partial charge is 0.271 e. The first-order valence-electron chi connectivity index (χ1n) is 9.90. The van der Waals surface area contributed by atoms with Crippen LogP contribution in [0.15, 0.2) is 29.3 Å². The minimum absolute atomic E-state index is 0.00526. The van der Waals surface area contributed by atoms with E-state index < -0.39 is 16.1 Å². The molecule has 2 heterocycles. The van der Waals surface area contributed by atoms with Crippen molar-refractivity contribution in [2.75, 3.05) is 17.4 Å². The number of nitrogens with zero attached hydrogens (tertiary/aromatic N) is 3. The Morgan fingerprint density at radius 1 is 1.40 bits per heavy atom. The average Bonchev–Trinajstić information content (AvgIpc) is 3.08. The van der Waals surface area contributed by atoms with E-state index in [-0.39, 0.29) is 35.9 Å². The fraction of sp³-hybridized carbons (Fsp3) is 0.500. The van der Waals surface area contributed by atoms with E-state index in [0.29, 0.717) is 18.0 Å². The summed E-state index contributed by atoms with van der Waals surface area (Å²) in [6.45, 7) is 9.56. The minimum atomic E-state index is -4.00. The van der Waals surface area contributed by atoms with Crippen LogP contribution < -0.4 is 19.1 Å². The first-order chi connectivity index (χ1) is 14.1. The first kappa shape index (κ1) is 21.9. The third kappa shape index (κ3) is 4.53. The summed E-state index contributed by atoms with van der Waals surface area (Å²) in [6.07, 6.45) is 0.723. The van der Waals surface area contributed by atoms with Crippen molar-refractivity contribution in [3.05, 3.63) is 30.0 Å². The molecule has 0 fully saturated rings. The van der Waals surface area contributed by atoms with Gasteiger partial charge < -0.3 is 14.8 Å². The number of aromatic nitrogens is 2. The summed E-state index contributed by atoms with van der Waals surface area (Å²) in [7, 11) is -4.00. The number of hydrogen-bond donors (Lipinski definition) is 1. The van der Waals surface area contributed by atoms with Gasteiger partial charge in [0, 0.05) is 19.7 Å². The Hall–Kier alpha value is -2.75. The Balaban J connectivity index is 2.06. The molecule has 0 saturated heterocycles. The molecule has 1 aliphatic rings. The van der Waals surface area contributed by atoms with E-state index in [1.54, 1.807) is 12.1 Å². The van der Waals surface area contributed by atoms with E-state index in [0.717, 1.165) is 5.56 Å². The van der Waals surface area contributed by atoms with Gasteiger partial charge in [-0.2, -0.15) is 0 Å². The Labute approximate surface area is 177 Å². The number of rotatable bonds is 7. The molecule has 0 spiro atoms. The van der Waals surface area contributed by atoms with Gasteiger partial charge in [-0.3, -0.25) is 13.8 Å². The quantitative estimate of drug-likeness (QED) is 0.713. The number of benzene rings is 1. The molecule has 30 heavy (non-hydrogen) atoms. The van der Waals surface area contributed by atoms with Gasteiger partial charge >= 0.3 is 0 Å². The number of nitrogens with one attached hydrogen (secondary N) is 1. The Bertz CT molecular complexity index is 1030. The van der Waals surface area contributed by atoms with Crippen molar-refractivity contribution in [3.63, 3.8) is 0 Å². The van der Waals surface area contributed by atoms with Crippen molar-refractivity contribution in [3.8, 4) is 11.6 Å². The molecule has 1 N–H and O–H groups in total. The molecule has 0 saturated carbocycles. The molecule has 0 unspecified atom stereocenters. The topological polar surface area (TPSA) is 103 Å². The highest BCUT2D eigenvalue weighted by molar-refractivity contribution is 7.93. The summed E-state index contributed by atoms with van der Waals surface area (Å²) in [5, 5.41) is 6.98. The van der Waals surface area contributed by atoms with Gasteiger partial charge in [0.1, 0.15) is 11.9 Å². The number of fused-ring (bicyclic) bond motifs is 1. The molecular formula is C20H28N4O5S. The molecule has 2 aromatic rings. The predicted molar refractivity (Wildman–Crippen MR) is 112 cm³/mol. The second kappa shape index (κ2) is 8.55. The zero-order chi connectivity index (χ0) is 22.1. The Morgan fingerprint density at radius 3 is 2.77 bits per heavy atom.